The van der Waals surface area contributed by atoms with Gasteiger partial charge in [-0.25, -0.2) is 0 Å². The second-order valence-electron chi connectivity index (χ2n) is 6.32. The van der Waals surface area contributed by atoms with Crippen LogP contribution >= 0.6 is 11.3 Å². The van der Waals surface area contributed by atoms with E-state index >= 15 is 0 Å². The summed E-state index contributed by atoms with van der Waals surface area (Å²) in [5.41, 5.74) is 1.44. The highest BCUT2D eigenvalue weighted by Gasteiger charge is 2.24. The third kappa shape index (κ3) is 5.50. The van der Waals surface area contributed by atoms with Gasteiger partial charge in [0, 0.05) is 6.54 Å². The lowest BCUT2D eigenvalue weighted by molar-refractivity contribution is -0.123. The third-order valence-electron chi connectivity index (χ3n) is 4.11. The van der Waals surface area contributed by atoms with Gasteiger partial charge in [0.2, 0.25) is 5.91 Å². The van der Waals surface area contributed by atoms with Crippen molar-refractivity contribution in [3.8, 4) is 0 Å². The van der Waals surface area contributed by atoms with E-state index < -0.39 is 6.04 Å². The molecule has 1 aromatic heterocycles. The summed E-state index contributed by atoms with van der Waals surface area (Å²) in [6.45, 7) is 4.54. The van der Waals surface area contributed by atoms with Crippen LogP contribution in [-0.2, 0) is 4.79 Å². The highest BCUT2D eigenvalue weighted by molar-refractivity contribution is 7.12. The molecule has 1 aromatic rings. The third-order valence-corrected chi connectivity index (χ3v) is 4.98. The molecule has 2 amide bonds. The summed E-state index contributed by atoms with van der Waals surface area (Å²) in [5, 5.41) is 7.68. The maximum absolute atomic E-state index is 12.4. The number of carbonyl (C=O) groups excluding carboxylic acids is 2. The number of hydrogen-bond acceptors (Lipinski definition) is 3. The van der Waals surface area contributed by atoms with Gasteiger partial charge in [-0.1, -0.05) is 31.6 Å². The van der Waals surface area contributed by atoms with E-state index in [0.717, 1.165) is 19.3 Å². The molecule has 0 bridgehead atoms. The van der Waals surface area contributed by atoms with Gasteiger partial charge in [-0.15, -0.1) is 11.3 Å². The molecule has 0 radical (unpaired) electrons. The lowest BCUT2D eigenvalue weighted by Crippen LogP contribution is -2.49. The Labute approximate surface area is 142 Å². The Bertz CT molecular complexity index is 549. The SMILES string of the molecule is CC(C)C(NC(=O)c1cccs1)C(=O)NCCC1=CCCCC1. The number of rotatable bonds is 7. The Morgan fingerprint density at radius 3 is 2.74 bits per heavy atom. The van der Waals surface area contributed by atoms with Crippen LogP contribution in [0.4, 0.5) is 0 Å². The predicted octanol–water partition coefficient (Wildman–Crippen LogP) is 3.51. The summed E-state index contributed by atoms with van der Waals surface area (Å²) in [4.78, 5) is 25.2. The molecule has 0 spiro atoms. The highest BCUT2D eigenvalue weighted by atomic mass is 32.1. The van der Waals surface area contributed by atoms with E-state index in [4.69, 9.17) is 0 Å². The molecular formula is C18H26N2O2S. The molecule has 0 fully saturated rings. The molecule has 1 unspecified atom stereocenters. The van der Waals surface area contributed by atoms with Crippen LogP contribution in [0.5, 0.6) is 0 Å². The topological polar surface area (TPSA) is 58.2 Å². The zero-order valence-corrected chi connectivity index (χ0v) is 14.7. The molecule has 0 aromatic carbocycles. The van der Waals surface area contributed by atoms with Gasteiger partial charge in [-0.3, -0.25) is 9.59 Å². The lowest BCUT2D eigenvalue weighted by atomic mass is 9.97. The van der Waals surface area contributed by atoms with Crippen LogP contribution in [0, 0.1) is 5.92 Å². The molecule has 2 rings (SSSR count). The first-order chi connectivity index (χ1) is 11.1. The van der Waals surface area contributed by atoms with Crippen molar-refractivity contribution in [3.63, 3.8) is 0 Å². The van der Waals surface area contributed by atoms with Crippen LogP contribution in [-0.4, -0.2) is 24.4 Å². The molecule has 2 N–H and O–H groups in total. The molecule has 5 heteroatoms. The summed E-state index contributed by atoms with van der Waals surface area (Å²) in [6, 6.07) is 3.11. The van der Waals surface area contributed by atoms with Gasteiger partial charge in [0.25, 0.3) is 5.91 Å². The van der Waals surface area contributed by atoms with E-state index in [0.29, 0.717) is 11.4 Å². The monoisotopic (exact) mass is 334 g/mol. The maximum Gasteiger partial charge on any atom is 0.262 e. The number of allylic oxidation sites excluding steroid dienone is 1. The standard InChI is InChI=1S/C18H26N2O2S/c1-13(2)16(20-17(21)15-9-6-12-23-15)18(22)19-11-10-14-7-4-3-5-8-14/h6-7,9,12-13,16H,3-5,8,10-11H2,1-2H3,(H,19,22)(H,20,21). The summed E-state index contributed by atoms with van der Waals surface area (Å²) in [6.07, 6.45) is 8.06. The fraction of sp³-hybridized carbons (Fsp3) is 0.556. The molecule has 23 heavy (non-hydrogen) atoms. The molecular weight excluding hydrogens is 308 g/mol. The Morgan fingerprint density at radius 1 is 1.30 bits per heavy atom. The summed E-state index contributed by atoms with van der Waals surface area (Å²) in [5.74, 6) is -0.224. The Morgan fingerprint density at radius 2 is 2.13 bits per heavy atom. The van der Waals surface area contributed by atoms with Crippen molar-refractivity contribution < 1.29 is 9.59 Å². The zero-order valence-electron chi connectivity index (χ0n) is 13.9. The molecule has 0 saturated heterocycles. The lowest BCUT2D eigenvalue weighted by Gasteiger charge is -2.22. The predicted molar refractivity (Wildman–Crippen MR) is 94.6 cm³/mol. The molecule has 0 aliphatic heterocycles. The first kappa shape index (κ1) is 17.7. The van der Waals surface area contributed by atoms with Crippen LogP contribution in [0.2, 0.25) is 0 Å². The quantitative estimate of drug-likeness (QED) is 0.750. The van der Waals surface area contributed by atoms with E-state index in [-0.39, 0.29) is 17.7 Å². The Hall–Kier alpha value is -1.62. The number of hydrogen-bond donors (Lipinski definition) is 2. The molecule has 4 nitrogen and oxygen atoms in total. The molecule has 1 atom stereocenters. The largest absolute Gasteiger partial charge is 0.354 e. The average molecular weight is 334 g/mol. The van der Waals surface area contributed by atoms with Gasteiger partial charge < -0.3 is 10.6 Å². The first-order valence-corrected chi connectivity index (χ1v) is 9.26. The van der Waals surface area contributed by atoms with Gasteiger partial charge in [-0.2, -0.15) is 0 Å². The summed E-state index contributed by atoms with van der Waals surface area (Å²) >= 11 is 1.38. The second kappa shape index (κ2) is 8.87. The van der Waals surface area contributed by atoms with Gasteiger partial charge >= 0.3 is 0 Å². The number of nitrogens with one attached hydrogen (secondary N) is 2. The van der Waals surface area contributed by atoms with Gasteiger partial charge in [0.1, 0.15) is 6.04 Å². The van der Waals surface area contributed by atoms with E-state index in [1.54, 1.807) is 6.07 Å². The van der Waals surface area contributed by atoms with Crippen molar-refractivity contribution in [2.75, 3.05) is 6.54 Å². The van der Waals surface area contributed by atoms with Crippen molar-refractivity contribution in [2.24, 2.45) is 5.92 Å². The average Bonchev–Trinajstić information content (AvgIpc) is 3.07. The van der Waals surface area contributed by atoms with E-state index in [9.17, 15) is 9.59 Å². The van der Waals surface area contributed by atoms with Crippen LogP contribution in [0.25, 0.3) is 0 Å². The zero-order chi connectivity index (χ0) is 16.7. The smallest absolute Gasteiger partial charge is 0.262 e. The van der Waals surface area contributed by atoms with Crippen LogP contribution in [0.15, 0.2) is 29.2 Å². The number of thiophene rings is 1. The van der Waals surface area contributed by atoms with E-state index in [2.05, 4.69) is 16.7 Å². The summed E-state index contributed by atoms with van der Waals surface area (Å²) in [7, 11) is 0. The molecule has 1 heterocycles. The van der Waals surface area contributed by atoms with Crippen LogP contribution in [0.3, 0.4) is 0 Å². The minimum Gasteiger partial charge on any atom is -0.354 e. The van der Waals surface area contributed by atoms with Crippen molar-refractivity contribution in [1.29, 1.82) is 0 Å². The first-order valence-electron chi connectivity index (χ1n) is 8.38. The van der Waals surface area contributed by atoms with Gasteiger partial charge in [0.05, 0.1) is 4.88 Å². The Kier molecular flexibility index (Phi) is 6.84. The van der Waals surface area contributed by atoms with Crippen molar-refractivity contribution in [3.05, 3.63) is 34.0 Å². The summed E-state index contributed by atoms with van der Waals surface area (Å²) < 4.78 is 0. The van der Waals surface area contributed by atoms with Gasteiger partial charge in [-0.05, 0) is 49.5 Å². The van der Waals surface area contributed by atoms with Crippen LogP contribution in [0.1, 0.15) is 55.6 Å². The van der Waals surface area contributed by atoms with Crippen LogP contribution < -0.4 is 10.6 Å². The van der Waals surface area contributed by atoms with Crippen molar-refractivity contribution >= 4 is 23.2 Å². The second-order valence-corrected chi connectivity index (χ2v) is 7.27. The molecule has 0 saturated carbocycles. The van der Waals surface area contributed by atoms with E-state index in [1.165, 1.54) is 29.8 Å². The fourth-order valence-electron chi connectivity index (χ4n) is 2.74. The fourth-order valence-corrected chi connectivity index (χ4v) is 3.37. The molecule has 126 valence electrons. The maximum atomic E-state index is 12.4. The normalized spacial score (nSPS) is 15.9. The van der Waals surface area contributed by atoms with Crippen molar-refractivity contribution in [2.45, 2.75) is 52.0 Å². The number of amides is 2. The molecule has 1 aliphatic carbocycles. The van der Waals surface area contributed by atoms with E-state index in [1.807, 2.05) is 25.3 Å². The Balaban J connectivity index is 1.83. The van der Waals surface area contributed by atoms with Gasteiger partial charge in [0.15, 0.2) is 0 Å². The molecule has 1 aliphatic rings. The minimum absolute atomic E-state index is 0.0489. The highest BCUT2D eigenvalue weighted by Crippen LogP contribution is 2.19. The minimum atomic E-state index is -0.495. The number of carbonyl (C=O) groups is 2. The van der Waals surface area contributed by atoms with Crippen molar-refractivity contribution in [1.82, 2.24) is 10.6 Å².